The molecule has 2 aliphatic rings. The van der Waals surface area contributed by atoms with Gasteiger partial charge in [0.15, 0.2) is 5.96 Å². The standard InChI is InChI=1S/C19H29N3O3.HI/c1-3-20-18(22-10-7-19(13-22)8-11-25-14-19)21-9-6-15-4-5-16(24-2)12-17(15)23;/h4-5,12,23H,3,6-11,13-14H2,1-2H3,(H,20,21);1H. The fourth-order valence-corrected chi connectivity index (χ4v) is 3.68. The molecule has 26 heavy (non-hydrogen) atoms. The van der Waals surface area contributed by atoms with Crippen LogP contribution in [0.4, 0.5) is 0 Å². The van der Waals surface area contributed by atoms with Gasteiger partial charge in [-0.2, -0.15) is 0 Å². The number of hydrogen-bond acceptors (Lipinski definition) is 4. The van der Waals surface area contributed by atoms with E-state index >= 15 is 0 Å². The van der Waals surface area contributed by atoms with Gasteiger partial charge in [0.05, 0.1) is 13.7 Å². The van der Waals surface area contributed by atoms with E-state index in [0.29, 0.717) is 24.1 Å². The molecule has 1 aromatic rings. The Morgan fingerprint density at radius 2 is 2.27 bits per heavy atom. The molecule has 146 valence electrons. The van der Waals surface area contributed by atoms with Gasteiger partial charge in [0.25, 0.3) is 0 Å². The maximum absolute atomic E-state index is 10.1. The molecular formula is C19H30IN3O3. The summed E-state index contributed by atoms with van der Waals surface area (Å²) in [6.07, 6.45) is 3.03. The number of nitrogens with one attached hydrogen (secondary N) is 1. The summed E-state index contributed by atoms with van der Waals surface area (Å²) in [5, 5.41) is 13.5. The predicted octanol–water partition coefficient (Wildman–Crippen LogP) is 2.64. The summed E-state index contributed by atoms with van der Waals surface area (Å²) in [6.45, 7) is 7.40. The van der Waals surface area contributed by atoms with Crippen LogP contribution in [0.25, 0.3) is 0 Å². The fraction of sp³-hybridized carbons (Fsp3) is 0.632. The maximum Gasteiger partial charge on any atom is 0.193 e. The minimum Gasteiger partial charge on any atom is -0.508 e. The number of ether oxygens (including phenoxy) is 2. The number of rotatable bonds is 5. The Bertz CT molecular complexity index is 618. The Labute approximate surface area is 173 Å². The zero-order valence-electron chi connectivity index (χ0n) is 15.7. The second kappa shape index (κ2) is 9.64. The van der Waals surface area contributed by atoms with E-state index in [4.69, 9.17) is 14.5 Å². The molecule has 1 atom stereocenters. The molecule has 1 spiro atoms. The van der Waals surface area contributed by atoms with E-state index in [-0.39, 0.29) is 29.7 Å². The number of aromatic hydroxyl groups is 1. The molecule has 0 amide bonds. The van der Waals surface area contributed by atoms with Gasteiger partial charge in [-0.05, 0) is 37.8 Å². The van der Waals surface area contributed by atoms with Crippen LogP contribution < -0.4 is 10.1 Å². The van der Waals surface area contributed by atoms with E-state index in [9.17, 15) is 5.11 Å². The molecule has 0 aromatic heterocycles. The molecule has 0 saturated carbocycles. The molecule has 0 bridgehead atoms. The summed E-state index contributed by atoms with van der Waals surface area (Å²) in [6, 6.07) is 5.42. The van der Waals surface area contributed by atoms with Crippen molar-refractivity contribution in [1.82, 2.24) is 10.2 Å². The lowest BCUT2D eigenvalue weighted by Crippen LogP contribution is -2.41. The van der Waals surface area contributed by atoms with Crippen LogP contribution in [0.2, 0.25) is 0 Å². The van der Waals surface area contributed by atoms with Gasteiger partial charge in [0, 0.05) is 44.3 Å². The maximum atomic E-state index is 10.1. The SMILES string of the molecule is CCNC(=NCCc1ccc(OC)cc1O)N1CCC2(CCOC2)C1.I. The van der Waals surface area contributed by atoms with Crippen molar-refractivity contribution in [2.45, 2.75) is 26.2 Å². The number of nitrogens with zero attached hydrogens (tertiary/aromatic N) is 2. The molecule has 0 radical (unpaired) electrons. The molecule has 1 aromatic carbocycles. The van der Waals surface area contributed by atoms with Gasteiger partial charge in [-0.25, -0.2) is 0 Å². The number of benzene rings is 1. The zero-order valence-corrected chi connectivity index (χ0v) is 18.0. The first-order chi connectivity index (χ1) is 12.2. The summed E-state index contributed by atoms with van der Waals surface area (Å²) < 4.78 is 10.7. The molecule has 7 heteroatoms. The first kappa shape index (κ1) is 21.1. The monoisotopic (exact) mass is 475 g/mol. The van der Waals surface area contributed by atoms with Crippen LogP contribution in [0.3, 0.4) is 0 Å². The summed E-state index contributed by atoms with van der Waals surface area (Å²) in [5.41, 5.74) is 1.22. The van der Waals surface area contributed by atoms with E-state index in [1.165, 1.54) is 6.42 Å². The van der Waals surface area contributed by atoms with Gasteiger partial charge in [0.1, 0.15) is 11.5 Å². The van der Waals surface area contributed by atoms with Gasteiger partial charge in [-0.3, -0.25) is 4.99 Å². The van der Waals surface area contributed by atoms with Gasteiger partial charge in [0.2, 0.25) is 0 Å². The second-order valence-electron chi connectivity index (χ2n) is 6.95. The number of methoxy groups -OCH3 is 1. The highest BCUT2D eigenvalue weighted by atomic mass is 127. The van der Waals surface area contributed by atoms with E-state index < -0.39 is 0 Å². The molecule has 2 saturated heterocycles. The van der Waals surface area contributed by atoms with Crippen molar-refractivity contribution in [3.63, 3.8) is 0 Å². The first-order valence-corrected chi connectivity index (χ1v) is 9.13. The van der Waals surface area contributed by atoms with Crippen molar-refractivity contribution in [2.24, 2.45) is 10.4 Å². The number of hydrogen-bond donors (Lipinski definition) is 2. The van der Waals surface area contributed by atoms with Gasteiger partial charge < -0.3 is 24.8 Å². The number of guanidine groups is 1. The Balaban J connectivity index is 0.00000243. The highest BCUT2D eigenvalue weighted by Crippen LogP contribution is 2.38. The van der Waals surface area contributed by atoms with Crippen LogP contribution in [0.5, 0.6) is 11.5 Å². The third kappa shape index (κ3) is 4.94. The predicted molar refractivity (Wildman–Crippen MR) is 114 cm³/mol. The van der Waals surface area contributed by atoms with E-state index in [1.54, 1.807) is 13.2 Å². The minimum atomic E-state index is 0. The highest BCUT2D eigenvalue weighted by Gasteiger charge is 2.42. The zero-order chi connectivity index (χ0) is 17.7. The summed E-state index contributed by atoms with van der Waals surface area (Å²) in [5.74, 6) is 1.90. The lowest BCUT2D eigenvalue weighted by atomic mass is 9.87. The van der Waals surface area contributed by atoms with Gasteiger partial charge in [-0.15, -0.1) is 24.0 Å². The summed E-state index contributed by atoms with van der Waals surface area (Å²) in [7, 11) is 1.60. The number of aliphatic imine (C=N–C) groups is 1. The van der Waals surface area contributed by atoms with Crippen molar-refractivity contribution >= 4 is 29.9 Å². The number of phenols is 1. The average Bonchev–Trinajstić information content (AvgIpc) is 3.25. The second-order valence-corrected chi connectivity index (χ2v) is 6.95. The van der Waals surface area contributed by atoms with Crippen LogP contribution >= 0.6 is 24.0 Å². The Hall–Kier alpha value is -1.22. The third-order valence-electron chi connectivity index (χ3n) is 5.19. The van der Waals surface area contributed by atoms with Crippen molar-refractivity contribution < 1.29 is 14.6 Å². The first-order valence-electron chi connectivity index (χ1n) is 9.13. The molecule has 2 fully saturated rings. The van der Waals surface area contributed by atoms with Crippen molar-refractivity contribution in [3.05, 3.63) is 23.8 Å². The Kier molecular flexibility index (Phi) is 7.82. The lowest BCUT2D eigenvalue weighted by molar-refractivity contribution is 0.156. The van der Waals surface area contributed by atoms with E-state index in [1.807, 2.05) is 12.1 Å². The normalized spacial score (nSPS) is 22.5. The third-order valence-corrected chi connectivity index (χ3v) is 5.19. The topological polar surface area (TPSA) is 66.3 Å². The number of phenolic OH excluding ortho intramolecular Hbond substituents is 1. The molecule has 2 heterocycles. The van der Waals surface area contributed by atoms with E-state index in [2.05, 4.69) is 17.1 Å². The fourth-order valence-electron chi connectivity index (χ4n) is 3.68. The number of likely N-dealkylation sites (tertiary alicyclic amines) is 1. The molecule has 0 aliphatic carbocycles. The summed E-state index contributed by atoms with van der Waals surface area (Å²) >= 11 is 0. The smallest absolute Gasteiger partial charge is 0.193 e. The van der Waals surface area contributed by atoms with Crippen LogP contribution in [0, 0.1) is 5.41 Å². The van der Waals surface area contributed by atoms with E-state index in [0.717, 1.165) is 50.8 Å². The summed E-state index contributed by atoms with van der Waals surface area (Å²) in [4.78, 5) is 7.13. The Morgan fingerprint density at radius 1 is 1.42 bits per heavy atom. The van der Waals surface area contributed by atoms with Gasteiger partial charge in [-0.1, -0.05) is 6.07 Å². The molecule has 2 N–H and O–H groups in total. The number of halogens is 1. The minimum absolute atomic E-state index is 0. The highest BCUT2D eigenvalue weighted by molar-refractivity contribution is 14.0. The van der Waals surface area contributed by atoms with Crippen molar-refractivity contribution in [3.8, 4) is 11.5 Å². The molecule has 1 unspecified atom stereocenters. The van der Waals surface area contributed by atoms with Crippen molar-refractivity contribution in [1.29, 1.82) is 0 Å². The lowest BCUT2D eigenvalue weighted by Gasteiger charge is -2.25. The van der Waals surface area contributed by atoms with Crippen molar-refractivity contribution in [2.75, 3.05) is 46.5 Å². The molecule has 6 nitrogen and oxygen atoms in total. The van der Waals surface area contributed by atoms with Crippen LogP contribution in [0.15, 0.2) is 23.2 Å². The largest absolute Gasteiger partial charge is 0.508 e. The van der Waals surface area contributed by atoms with Crippen LogP contribution in [-0.4, -0.2) is 62.5 Å². The quantitative estimate of drug-likeness (QED) is 0.390. The van der Waals surface area contributed by atoms with Gasteiger partial charge >= 0.3 is 0 Å². The molecule has 3 rings (SSSR count). The van der Waals surface area contributed by atoms with Crippen LogP contribution in [-0.2, 0) is 11.2 Å². The Morgan fingerprint density at radius 3 is 2.92 bits per heavy atom. The molecule has 2 aliphatic heterocycles. The average molecular weight is 475 g/mol. The molecular weight excluding hydrogens is 445 g/mol. The van der Waals surface area contributed by atoms with Crippen LogP contribution in [0.1, 0.15) is 25.3 Å².